The molecule has 2 aliphatic rings. The van der Waals surface area contributed by atoms with Crippen molar-refractivity contribution in [1.82, 2.24) is 29.9 Å². The van der Waals surface area contributed by atoms with Crippen LogP contribution in [0.2, 0.25) is 0 Å². The van der Waals surface area contributed by atoms with Gasteiger partial charge in [-0.15, -0.1) is 5.10 Å². The van der Waals surface area contributed by atoms with Crippen LogP contribution in [0.25, 0.3) is 5.69 Å². The van der Waals surface area contributed by atoms with E-state index in [-0.39, 0.29) is 5.92 Å². The monoisotopic (exact) mass is 418 g/mol. The Labute approximate surface area is 181 Å². The highest BCUT2D eigenvalue weighted by atomic mass is 16.5. The summed E-state index contributed by atoms with van der Waals surface area (Å²) < 4.78 is 7.76. The second kappa shape index (κ2) is 8.09. The molecule has 1 aliphatic heterocycles. The van der Waals surface area contributed by atoms with Gasteiger partial charge in [0, 0.05) is 37.0 Å². The maximum Gasteiger partial charge on any atom is 0.225 e. The molecule has 8 heteroatoms. The van der Waals surface area contributed by atoms with Gasteiger partial charge in [0.25, 0.3) is 0 Å². The van der Waals surface area contributed by atoms with Gasteiger partial charge in [0.2, 0.25) is 11.8 Å². The molecule has 4 heterocycles. The van der Waals surface area contributed by atoms with Gasteiger partial charge in [0.1, 0.15) is 12.3 Å². The molecular formula is C23H26N6O2. The lowest BCUT2D eigenvalue weighted by Crippen LogP contribution is -2.41. The highest BCUT2D eigenvalue weighted by molar-refractivity contribution is 5.79. The number of aryl methyl sites for hydroxylation is 2. The predicted molar refractivity (Wildman–Crippen MR) is 114 cm³/mol. The van der Waals surface area contributed by atoms with Gasteiger partial charge >= 0.3 is 0 Å². The maximum absolute atomic E-state index is 12.6. The molecule has 0 aromatic carbocycles. The fourth-order valence-electron chi connectivity index (χ4n) is 4.08. The largest absolute Gasteiger partial charge is 0.471 e. The Kier molecular flexibility index (Phi) is 5.13. The van der Waals surface area contributed by atoms with Crippen LogP contribution in [0.4, 0.5) is 0 Å². The van der Waals surface area contributed by atoms with Crippen LogP contribution in [0.3, 0.4) is 0 Å². The van der Waals surface area contributed by atoms with Gasteiger partial charge in [0.15, 0.2) is 0 Å². The van der Waals surface area contributed by atoms with E-state index in [1.165, 1.54) is 12.0 Å². The molecule has 0 unspecified atom stereocenters. The van der Waals surface area contributed by atoms with Crippen molar-refractivity contribution in [1.29, 1.82) is 0 Å². The lowest BCUT2D eigenvalue weighted by molar-refractivity contribution is -0.139. The topological polar surface area (TPSA) is 86.0 Å². The lowest BCUT2D eigenvalue weighted by atomic mass is 9.84. The summed E-state index contributed by atoms with van der Waals surface area (Å²) in [6.07, 6.45) is 7.71. The molecule has 0 saturated heterocycles. The first-order valence-electron chi connectivity index (χ1n) is 10.8. The first-order chi connectivity index (χ1) is 15.1. The predicted octanol–water partition coefficient (Wildman–Crippen LogP) is 2.94. The van der Waals surface area contributed by atoms with Crippen molar-refractivity contribution >= 4 is 5.91 Å². The zero-order valence-electron chi connectivity index (χ0n) is 17.9. The maximum atomic E-state index is 12.6. The zero-order valence-corrected chi connectivity index (χ0v) is 17.9. The number of pyridine rings is 2. The molecule has 5 rings (SSSR count). The van der Waals surface area contributed by atoms with Gasteiger partial charge in [-0.05, 0) is 56.4 Å². The van der Waals surface area contributed by atoms with Crippen LogP contribution in [-0.4, -0.2) is 42.3 Å². The molecule has 0 atom stereocenters. The Morgan fingerprint density at radius 2 is 2.03 bits per heavy atom. The number of fused-ring (bicyclic) bond motifs is 1. The zero-order chi connectivity index (χ0) is 21.4. The molecule has 0 N–H and O–H groups in total. The third-order valence-corrected chi connectivity index (χ3v) is 6.29. The van der Waals surface area contributed by atoms with E-state index in [4.69, 9.17) is 4.74 Å². The van der Waals surface area contributed by atoms with E-state index in [9.17, 15) is 4.79 Å². The average Bonchev–Trinajstić information content (AvgIpc) is 3.11. The number of amides is 1. The quantitative estimate of drug-likeness (QED) is 0.633. The van der Waals surface area contributed by atoms with Gasteiger partial charge in [-0.2, -0.15) is 0 Å². The minimum atomic E-state index is 0.238. The van der Waals surface area contributed by atoms with Crippen molar-refractivity contribution in [2.24, 2.45) is 5.92 Å². The van der Waals surface area contributed by atoms with E-state index in [2.05, 4.69) is 20.3 Å². The van der Waals surface area contributed by atoms with Gasteiger partial charge in [0.05, 0.1) is 17.6 Å². The van der Waals surface area contributed by atoms with Crippen LogP contribution in [0.1, 0.15) is 47.5 Å². The van der Waals surface area contributed by atoms with E-state index in [0.717, 1.165) is 54.1 Å². The fraction of sp³-hybridized carbons (Fsp3) is 0.435. The Hall–Kier alpha value is -3.29. The molecular weight excluding hydrogens is 392 g/mol. The van der Waals surface area contributed by atoms with Crippen molar-refractivity contribution in [2.45, 2.75) is 52.7 Å². The second-order valence-electron chi connectivity index (χ2n) is 8.41. The summed E-state index contributed by atoms with van der Waals surface area (Å²) in [7, 11) is 0. The van der Waals surface area contributed by atoms with Crippen LogP contribution in [-0.2, 0) is 24.4 Å². The summed E-state index contributed by atoms with van der Waals surface area (Å²) >= 11 is 0. The van der Waals surface area contributed by atoms with Crippen molar-refractivity contribution in [3.63, 3.8) is 0 Å². The Balaban J connectivity index is 1.28. The smallest absolute Gasteiger partial charge is 0.225 e. The highest BCUT2D eigenvalue weighted by Gasteiger charge is 2.31. The van der Waals surface area contributed by atoms with E-state index >= 15 is 0 Å². The van der Waals surface area contributed by atoms with Gasteiger partial charge in [-0.25, -0.2) is 9.67 Å². The van der Waals surface area contributed by atoms with Crippen LogP contribution >= 0.6 is 0 Å². The Morgan fingerprint density at radius 3 is 2.77 bits per heavy atom. The molecule has 1 aliphatic carbocycles. The van der Waals surface area contributed by atoms with Gasteiger partial charge < -0.3 is 9.64 Å². The number of carbonyl (C=O) groups excluding carboxylic acids is 1. The van der Waals surface area contributed by atoms with Gasteiger partial charge in [-0.3, -0.25) is 9.78 Å². The number of carbonyl (C=O) groups is 1. The molecule has 0 spiro atoms. The number of hydrogen-bond acceptors (Lipinski definition) is 6. The molecule has 31 heavy (non-hydrogen) atoms. The summed E-state index contributed by atoms with van der Waals surface area (Å²) in [6.45, 7) is 5.59. The second-order valence-corrected chi connectivity index (χ2v) is 8.41. The van der Waals surface area contributed by atoms with Crippen LogP contribution < -0.4 is 4.74 Å². The van der Waals surface area contributed by atoms with Crippen molar-refractivity contribution in [3.8, 4) is 11.6 Å². The van der Waals surface area contributed by atoms with Crippen molar-refractivity contribution in [3.05, 3.63) is 58.8 Å². The van der Waals surface area contributed by atoms with Crippen molar-refractivity contribution < 1.29 is 9.53 Å². The molecule has 8 nitrogen and oxygen atoms in total. The minimum absolute atomic E-state index is 0.238. The summed E-state index contributed by atoms with van der Waals surface area (Å²) in [5.41, 5.74) is 5.78. The molecule has 3 aromatic rings. The summed E-state index contributed by atoms with van der Waals surface area (Å²) in [6, 6.07) is 5.91. The van der Waals surface area contributed by atoms with Gasteiger partial charge in [-0.1, -0.05) is 11.6 Å². The third kappa shape index (κ3) is 3.89. The Bertz CT molecular complexity index is 1100. The highest BCUT2D eigenvalue weighted by Crippen LogP contribution is 2.31. The summed E-state index contributed by atoms with van der Waals surface area (Å²) in [4.78, 5) is 23.4. The normalized spacial score (nSPS) is 16.0. The molecule has 0 bridgehead atoms. The number of ether oxygens (including phenoxy) is 1. The Morgan fingerprint density at radius 1 is 1.16 bits per heavy atom. The number of rotatable bonds is 5. The van der Waals surface area contributed by atoms with Crippen LogP contribution in [0.5, 0.6) is 5.88 Å². The number of nitrogens with zero attached hydrogens (tertiary/aromatic N) is 6. The first-order valence-corrected chi connectivity index (χ1v) is 10.8. The number of hydrogen-bond donors (Lipinski definition) is 0. The molecule has 1 amide bonds. The average molecular weight is 419 g/mol. The third-order valence-electron chi connectivity index (χ3n) is 6.29. The lowest BCUT2D eigenvalue weighted by Gasteiger charge is -2.34. The van der Waals surface area contributed by atoms with E-state index < -0.39 is 0 Å². The summed E-state index contributed by atoms with van der Waals surface area (Å²) in [5, 5.41) is 8.43. The van der Waals surface area contributed by atoms with E-state index in [0.29, 0.717) is 24.9 Å². The standard InChI is InChI=1S/C23H26N6O2/c1-15-6-7-20(12-24-15)29-21(16(2)26-27-29)14-31-22-10-18-8-9-28(13-19(18)11-25-22)23(30)17-4-3-5-17/h6-7,10-12,17H,3-5,8-9,13-14H2,1-2H3. The first kappa shape index (κ1) is 19.7. The fourth-order valence-corrected chi connectivity index (χ4v) is 4.08. The minimum Gasteiger partial charge on any atom is -0.471 e. The molecule has 3 aromatic heterocycles. The number of aromatic nitrogens is 5. The van der Waals surface area contributed by atoms with Crippen LogP contribution in [0.15, 0.2) is 30.6 Å². The molecule has 0 radical (unpaired) electrons. The molecule has 160 valence electrons. The van der Waals surface area contributed by atoms with E-state index in [1.54, 1.807) is 10.9 Å². The molecule has 1 fully saturated rings. The van der Waals surface area contributed by atoms with Crippen molar-refractivity contribution in [2.75, 3.05) is 6.54 Å². The summed E-state index contributed by atoms with van der Waals surface area (Å²) in [5.74, 6) is 1.12. The van der Waals surface area contributed by atoms with Crippen LogP contribution in [0, 0.1) is 19.8 Å². The SMILES string of the molecule is Cc1ccc(-n2nnc(C)c2COc2cc3c(cn2)CN(C(=O)C2CCC2)CC3)cn1. The van der Waals surface area contributed by atoms with E-state index in [1.807, 2.05) is 43.1 Å². The molecule has 1 saturated carbocycles.